The lowest BCUT2D eigenvalue weighted by atomic mass is 10.0. The average Bonchev–Trinajstić information content (AvgIpc) is 3.36. The van der Waals surface area contributed by atoms with Gasteiger partial charge in [-0.15, -0.1) is 0 Å². The van der Waals surface area contributed by atoms with Crippen LogP contribution in [-0.2, 0) is 19.0 Å². The van der Waals surface area contributed by atoms with Gasteiger partial charge in [0.2, 0.25) is 5.82 Å². The number of hydrogen-bond acceptors (Lipinski definition) is 4. The standard InChI is InChI=1S/C21H16F6N2O2/c1-11(20(22,23)24)30-17-9-8-13(10-16(17)21(25,26)27)19-28-18(29-31-19)15-7-3-5-12-4-2-6-14(12)15/h3,5,7-11H,2,4,6H2,1H3. The molecule has 0 spiro atoms. The van der Waals surface area contributed by atoms with E-state index in [-0.39, 0.29) is 17.3 Å². The minimum Gasteiger partial charge on any atom is -0.481 e. The number of halogens is 6. The number of aromatic nitrogens is 2. The van der Waals surface area contributed by atoms with Crippen molar-refractivity contribution in [2.75, 3.05) is 0 Å². The summed E-state index contributed by atoms with van der Waals surface area (Å²) in [5.74, 6) is -0.860. The first kappa shape index (κ1) is 21.2. The predicted octanol–water partition coefficient (Wildman–Crippen LogP) is 6.24. The zero-order valence-electron chi connectivity index (χ0n) is 16.1. The molecule has 1 atom stereocenters. The second kappa shape index (κ2) is 7.58. The zero-order chi connectivity index (χ0) is 22.4. The molecule has 31 heavy (non-hydrogen) atoms. The van der Waals surface area contributed by atoms with Crippen molar-refractivity contribution in [2.24, 2.45) is 0 Å². The molecule has 0 radical (unpaired) electrons. The maximum absolute atomic E-state index is 13.5. The highest BCUT2D eigenvalue weighted by Gasteiger charge is 2.41. The molecule has 1 unspecified atom stereocenters. The molecule has 0 N–H and O–H groups in total. The number of hydrogen-bond donors (Lipinski definition) is 0. The first-order valence-electron chi connectivity index (χ1n) is 9.44. The molecule has 0 fully saturated rings. The van der Waals surface area contributed by atoms with Gasteiger partial charge in [-0.1, -0.05) is 23.4 Å². The Hall–Kier alpha value is -3.04. The fraction of sp³-hybridized carbons (Fsp3) is 0.333. The third-order valence-electron chi connectivity index (χ3n) is 5.11. The van der Waals surface area contributed by atoms with Crippen molar-refractivity contribution in [2.45, 2.75) is 44.6 Å². The van der Waals surface area contributed by atoms with Gasteiger partial charge in [-0.05, 0) is 55.5 Å². The third kappa shape index (κ3) is 4.24. The van der Waals surface area contributed by atoms with E-state index >= 15 is 0 Å². The summed E-state index contributed by atoms with van der Waals surface area (Å²) in [6.07, 6.45) is -9.39. The Morgan fingerprint density at radius 3 is 2.52 bits per heavy atom. The molecule has 164 valence electrons. The topological polar surface area (TPSA) is 48.2 Å². The second-order valence-electron chi connectivity index (χ2n) is 7.23. The summed E-state index contributed by atoms with van der Waals surface area (Å²) in [5.41, 5.74) is 1.56. The molecule has 0 bridgehead atoms. The van der Waals surface area contributed by atoms with Gasteiger partial charge in [-0.3, -0.25) is 0 Å². The Morgan fingerprint density at radius 2 is 1.81 bits per heavy atom. The summed E-state index contributed by atoms with van der Waals surface area (Å²) in [6.45, 7) is 0.636. The lowest BCUT2D eigenvalue weighted by Gasteiger charge is -2.20. The minimum absolute atomic E-state index is 0.0781. The van der Waals surface area contributed by atoms with Crippen LogP contribution in [0.1, 0.15) is 30.0 Å². The molecule has 1 aliphatic rings. The first-order chi connectivity index (χ1) is 14.5. The van der Waals surface area contributed by atoms with Gasteiger partial charge in [0.05, 0.1) is 5.56 Å². The van der Waals surface area contributed by atoms with Gasteiger partial charge in [0.25, 0.3) is 5.89 Å². The smallest absolute Gasteiger partial charge is 0.425 e. The molecule has 4 rings (SSSR count). The Labute approximate surface area is 172 Å². The SMILES string of the molecule is CC(Oc1ccc(-c2nc(-c3cccc4c3CCC4)no2)cc1C(F)(F)F)C(F)(F)F. The summed E-state index contributed by atoms with van der Waals surface area (Å²) in [5, 5.41) is 3.89. The monoisotopic (exact) mass is 442 g/mol. The molecular formula is C21H16F6N2O2. The van der Waals surface area contributed by atoms with Crippen LogP contribution in [-0.4, -0.2) is 22.4 Å². The van der Waals surface area contributed by atoms with Crippen molar-refractivity contribution in [3.05, 3.63) is 53.1 Å². The van der Waals surface area contributed by atoms with Crippen LogP contribution >= 0.6 is 0 Å². The maximum atomic E-state index is 13.5. The summed E-state index contributed by atoms with van der Waals surface area (Å²) < 4.78 is 88.3. The Balaban J connectivity index is 1.69. The predicted molar refractivity (Wildman–Crippen MR) is 98.3 cm³/mol. The fourth-order valence-electron chi connectivity index (χ4n) is 3.52. The lowest BCUT2D eigenvalue weighted by Crippen LogP contribution is -2.31. The second-order valence-corrected chi connectivity index (χ2v) is 7.23. The van der Waals surface area contributed by atoms with E-state index in [1.165, 1.54) is 5.56 Å². The van der Waals surface area contributed by atoms with Crippen LogP contribution in [0.2, 0.25) is 0 Å². The Morgan fingerprint density at radius 1 is 1.03 bits per heavy atom. The number of ether oxygens (including phenoxy) is 1. The van der Waals surface area contributed by atoms with E-state index in [2.05, 4.69) is 14.9 Å². The fourth-order valence-corrected chi connectivity index (χ4v) is 3.52. The highest BCUT2D eigenvalue weighted by molar-refractivity contribution is 5.66. The van der Waals surface area contributed by atoms with E-state index < -0.39 is 29.8 Å². The van der Waals surface area contributed by atoms with E-state index in [9.17, 15) is 26.3 Å². The van der Waals surface area contributed by atoms with Crippen molar-refractivity contribution in [3.63, 3.8) is 0 Å². The maximum Gasteiger partial charge on any atom is 0.425 e. The third-order valence-corrected chi connectivity index (χ3v) is 5.11. The summed E-state index contributed by atoms with van der Waals surface area (Å²) >= 11 is 0. The number of aryl methyl sites for hydroxylation is 1. The number of benzene rings is 2. The van der Waals surface area contributed by atoms with E-state index in [0.29, 0.717) is 13.0 Å². The minimum atomic E-state index is -4.94. The normalized spacial score (nSPS) is 15.1. The molecule has 10 heteroatoms. The quantitative estimate of drug-likeness (QED) is 0.449. The summed E-state index contributed by atoms with van der Waals surface area (Å²) in [7, 11) is 0. The van der Waals surface area contributed by atoms with Gasteiger partial charge >= 0.3 is 12.4 Å². The van der Waals surface area contributed by atoms with Gasteiger partial charge in [-0.25, -0.2) is 0 Å². The Bertz CT molecular complexity index is 1100. The van der Waals surface area contributed by atoms with Gasteiger partial charge in [-0.2, -0.15) is 31.3 Å². The van der Waals surface area contributed by atoms with Crippen LogP contribution in [0.4, 0.5) is 26.3 Å². The van der Waals surface area contributed by atoms with E-state index in [0.717, 1.165) is 42.5 Å². The molecule has 0 aliphatic heterocycles. The van der Waals surface area contributed by atoms with Crippen LogP contribution in [0.25, 0.3) is 22.8 Å². The molecule has 1 aliphatic carbocycles. The molecule has 0 amide bonds. The van der Waals surface area contributed by atoms with Crippen LogP contribution in [0.5, 0.6) is 5.75 Å². The number of alkyl halides is 6. The number of nitrogens with zero attached hydrogens (tertiary/aromatic N) is 2. The van der Waals surface area contributed by atoms with Crippen molar-refractivity contribution in [1.29, 1.82) is 0 Å². The van der Waals surface area contributed by atoms with Gasteiger partial charge in [0.1, 0.15) is 5.75 Å². The molecule has 0 saturated carbocycles. The molecule has 1 aromatic heterocycles. The molecule has 4 nitrogen and oxygen atoms in total. The molecular weight excluding hydrogens is 426 g/mol. The van der Waals surface area contributed by atoms with Crippen LogP contribution in [0, 0.1) is 0 Å². The van der Waals surface area contributed by atoms with E-state index in [4.69, 9.17) is 4.52 Å². The molecule has 3 aromatic rings. The largest absolute Gasteiger partial charge is 0.481 e. The van der Waals surface area contributed by atoms with Crippen LogP contribution in [0.15, 0.2) is 40.9 Å². The zero-order valence-corrected chi connectivity index (χ0v) is 16.1. The summed E-state index contributed by atoms with van der Waals surface area (Å²) in [6, 6.07) is 8.29. The van der Waals surface area contributed by atoms with Crippen molar-refractivity contribution in [3.8, 4) is 28.6 Å². The molecule has 0 saturated heterocycles. The van der Waals surface area contributed by atoms with Crippen LogP contribution < -0.4 is 4.74 Å². The highest BCUT2D eigenvalue weighted by atomic mass is 19.4. The Kier molecular flexibility index (Phi) is 5.18. The summed E-state index contributed by atoms with van der Waals surface area (Å²) in [4.78, 5) is 4.22. The van der Waals surface area contributed by atoms with Crippen molar-refractivity contribution >= 4 is 0 Å². The molecule has 1 heterocycles. The van der Waals surface area contributed by atoms with Crippen molar-refractivity contribution < 1.29 is 35.6 Å². The van der Waals surface area contributed by atoms with Gasteiger partial charge in [0.15, 0.2) is 6.10 Å². The lowest BCUT2D eigenvalue weighted by molar-refractivity contribution is -0.191. The van der Waals surface area contributed by atoms with E-state index in [1.54, 1.807) is 0 Å². The molecule has 2 aromatic carbocycles. The van der Waals surface area contributed by atoms with E-state index in [1.807, 2.05) is 18.2 Å². The average molecular weight is 442 g/mol. The van der Waals surface area contributed by atoms with Gasteiger partial charge in [0, 0.05) is 11.1 Å². The van der Waals surface area contributed by atoms with Crippen molar-refractivity contribution in [1.82, 2.24) is 10.1 Å². The van der Waals surface area contributed by atoms with Gasteiger partial charge < -0.3 is 9.26 Å². The highest BCUT2D eigenvalue weighted by Crippen LogP contribution is 2.40. The number of fused-ring (bicyclic) bond motifs is 1. The van der Waals surface area contributed by atoms with Crippen LogP contribution in [0.3, 0.4) is 0 Å². The number of rotatable bonds is 4. The first-order valence-corrected chi connectivity index (χ1v) is 9.44.